The molecule has 5 heteroatoms. The molecular formula is C14H21N3O2. The first-order valence-electron chi connectivity index (χ1n) is 6.61. The second kappa shape index (κ2) is 6.54. The van der Waals surface area contributed by atoms with Crippen LogP contribution >= 0.6 is 0 Å². The van der Waals surface area contributed by atoms with Crippen molar-refractivity contribution in [2.75, 3.05) is 39.8 Å². The summed E-state index contributed by atoms with van der Waals surface area (Å²) < 4.78 is 0. The van der Waals surface area contributed by atoms with Crippen LogP contribution in [-0.4, -0.2) is 60.6 Å². The lowest BCUT2D eigenvalue weighted by Crippen LogP contribution is -2.49. The smallest absolute Gasteiger partial charge is 0.236 e. The van der Waals surface area contributed by atoms with Gasteiger partial charge in [0.05, 0.1) is 6.54 Å². The lowest BCUT2D eigenvalue weighted by Gasteiger charge is -2.29. The van der Waals surface area contributed by atoms with E-state index in [2.05, 4.69) is 5.32 Å². The van der Waals surface area contributed by atoms with Crippen LogP contribution in [-0.2, 0) is 11.3 Å². The zero-order valence-corrected chi connectivity index (χ0v) is 11.3. The number of rotatable bonds is 4. The Morgan fingerprint density at radius 1 is 1.37 bits per heavy atom. The van der Waals surface area contributed by atoms with E-state index in [1.807, 2.05) is 29.0 Å². The molecule has 1 aliphatic heterocycles. The van der Waals surface area contributed by atoms with Gasteiger partial charge >= 0.3 is 0 Å². The Morgan fingerprint density at radius 3 is 2.74 bits per heavy atom. The molecule has 1 heterocycles. The first-order chi connectivity index (χ1) is 9.16. The van der Waals surface area contributed by atoms with Gasteiger partial charge in [-0.15, -0.1) is 0 Å². The Bertz CT molecular complexity index is 430. The minimum atomic E-state index is 0.152. The summed E-state index contributed by atoms with van der Waals surface area (Å²) in [5.41, 5.74) is 0.845. The quantitative estimate of drug-likeness (QED) is 0.818. The SMILES string of the molecule is CN(CC(=O)N1CCNCC1)Cc1ccccc1O. The molecule has 0 unspecified atom stereocenters. The Balaban J connectivity index is 1.85. The molecule has 5 nitrogen and oxygen atoms in total. The summed E-state index contributed by atoms with van der Waals surface area (Å²) in [5.74, 6) is 0.434. The van der Waals surface area contributed by atoms with Crippen molar-refractivity contribution >= 4 is 5.91 Å². The third-order valence-electron chi connectivity index (χ3n) is 3.31. The highest BCUT2D eigenvalue weighted by Gasteiger charge is 2.17. The molecule has 1 aliphatic rings. The Kier molecular flexibility index (Phi) is 4.76. The summed E-state index contributed by atoms with van der Waals surface area (Å²) in [6.45, 7) is 4.26. The summed E-state index contributed by atoms with van der Waals surface area (Å²) in [7, 11) is 1.90. The molecule has 2 rings (SSSR count). The Morgan fingerprint density at radius 2 is 2.05 bits per heavy atom. The fourth-order valence-electron chi connectivity index (χ4n) is 2.24. The van der Waals surface area contributed by atoms with Crippen molar-refractivity contribution in [2.45, 2.75) is 6.54 Å². The van der Waals surface area contributed by atoms with Gasteiger partial charge in [-0.1, -0.05) is 18.2 Å². The minimum Gasteiger partial charge on any atom is -0.508 e. The molecule has 1 fully saturated rings. The standard InChI is InChI=1S/C14H21N3O2/c1-16(10-12-4-2-3-5-13(12)18)11-14(19)17-8-6-15-7-9-17/h2-5,15,18H,6-11H2,1H3. The summed E-state index contributed by atoms with van der Waals surface area (Å²) in [6, 6.07) is 7.23. The van der Waals surface area contributed by atoms with Gasteiger partial charge in [0, 0.05) is 38.3 Å². The van der Waals surface area contributed by atoms with E-state index in [9.17, 15) is 9.90 Å². The van der Waals surface area contributed by atoms with Crippen molar-refractivity contribution in [2.24, 2.45) is 0 Å². The van der Waals surface area contributed by atoms with E-state index in [4.69, 9.17) is 0 Å². The molecule has 0 atom stereocenters. The molecule has 0 bridgehead atoms. The van der Waals surface area contributed by atoms with Crippen molar-refractivity contribution in [3.05, 3.63) is 29.8 Å². The highest BCUT2D eigenvalue weighted by molar-refractivity contribution is 5.78. The number of carbonyl (C=O) groups excluding carboxylic acids is 1. The zero-order valence-electron chi connectivity index (χ0n) is 11.3. The summed E-state index contributed by atoms with van der Waals surface area (Å²) in [4.78, 5) is 15.9. The number of amides is 1. The minimum absolute atomic E-state index is 0.152. The predicted molar refractivity (Wildman–Crippen MR) is 73.9 cm³/mol. The van der Waals surface area contributed by atoms with E-state index < -0.39 is 0 Å². The van der Waals surface area contributed by atoms with Crippen molar-refractivity contribution in [1.29, 1.82) is 0 Å². The number of aromatic hydroxyl groups is 1. The maximum absolute atomic E-state index is 12.1. The molecule has 1 aromatic rings. The van der Waals surface area contributed by atoms with Gasteiger partial charge in [0.2, 0.25) is 5.91 Å². The maximum atomic E-state index is 12.1. The fourth-order valence-corrected chi connectivity index (χ4v) is 2.24. The number of phenols is 1. The van der Waals surface area contributed by atoms with Crippen LogP contribution in [0.5, 0.6) is 5.75 Å². The predicted octanol–water partition coefficient (Wildman–Crippen LogP) is 0.256. The van der Waals surface area contributed by atoms with Gasteiger partial charge in [0.15, 0.2) is 0 Å². The van der Waals surface area contributed by atoms with Crippen LogP contribution in [0, 0.1) is 0 Å². The molecular weight excluding hydrogens is 242 g/mol. The van der Waals surface area contributed by atoms with E-state index in [1.54, 1.807) is 12.1 Å². The molecule has 104 valence electrons. The largest absolute Gasteiger partial charge is 0.508 e. The first kappa shape index (κ1) is 13.8. The van der Waals surface area contributed by atoms with Gasteiger partial charge in [-0.3, -0.25) is 9.69 Å². The lowest BCUT2D eigenvalue weighted by atomic mass is 10.2. The molecule has 2 N–H and O–H groups in total. The van der Waals surface area contributed by atoms with Crippen molar-refractivity contribution in [3.63, 3.8) is 0 Å². The first-order valence-corrected chi connectivity index (χ1v) is 6.61. The number of hydrogen-bond donors (Lipinski definition) is 2. The van der Waals surface area contributed by atoms with Crippen molar-refractivity contribution in [3.8, 4) is 5.75 Å². The van der Waals surface area contributed by atoms with Crippen LogP contribution in [0.15, 0.2) is 24.3 Å². The van der Waals surface area contributed by atoms with E-state index in [1.165, 1.54) is 0 Å². The van der Waals surface area contributed by atoms with Gasteiger partial charge in [0.25, 0.3) is 0 Å². The number of piperazine rings is 1. The van der Waals surface area contributed by atoms with E-state index in [0.29, 0.717) is 13.1 Å². The molecule has 1 saturated heterocycles. The second-order valence-corrected chi connectivity index (χ2v) is 4.93. The molecule has 0 radical (unpaired) electrons. The van der Waals surface area contributed by atoms with Gasteiger partial charge < -0.3 is 15.3 Å². The van der Waals surface area contributed by atoms with Crippen LogP contribution in [0.4, 0.5) is 0 Å². The van der Waals surface area contributed by atoms with Crippen LogP contribution in [0.3, 0.4) is 0 Å². The van der Waals surface area contributed by atoms with Crippen LogP contribution in [0.1, 0.15) is 5.56 Å². The van der Waals surface area contributed by atoms with Crippen LogP contribution in [0.25, 0.3) is 0 Å². The highest BCUT2D eigenvalue weighted by atomic mass is 16.3. The number of benzene rings is 1. The lowest BCUT2D eigenvalue weighted by molar-refractivity contribution is -0.132. The molecule has 1 amide bonds. The highest BCUT2D eigenvalue weighted by Crippen LogP contribution is 2.17. The zero-order chi connectivity index (χ0) is 13.7. The Labute approximate surface area is 113 Å². The van der Waals surface area contributed by atoms with Crippen molar-refractivity contribution < 1.29 is 9.90 Å². The van der Waals surface area contributed by atoms with E-state index >= 15 is 0 Å². The third-order valence-corrected chi connectivity index (χ3v) is 3.31. The number of nitrogens with zero attached hydrogens (tertiary/aromatic N) is 2. The molecule has 0 spiro atoms. The number of likely N-dealkylation sites (N-methyl/N-ethyl adjacent to an activating group) is 1. The maximum Gasteiger partial charge on any atom is 0.236 e. The molecule has 1 aromatic carbocycles. The number of carbonyl (C=O) groups is 1. The third kappa shape index (κ3) is 3.94. The summed E-state index contributed by atoms with van der Waals surface area (Å²) in [5, 5.41) is 12.9. The monoisotopic (exact) mass is 263 g/mol. The number of phenolic OH excluding ortho intramolecular Hbond substituents is 1. The van der Waals surface area contributed by atoms with Crippen LogP contribution < -0.4 is 5.32 Å². The average molecular weight is 263 g/mol. The summed E-state index contributed by atoms with van der Waals surface area (Å²) in [6.07, 6.45) is 0. The topological polar surface area (TPSA) is 55.8 Å². The second-order valence-electron chi connectivity index (χ2n) is 4.93. The molecule has 0 saturated carbocycles. The average Bonchev–Trinajstić information content (AvgIpc) is 2.42. The van der Waals surface area contributed by atoms with E-state index in [0.717, 1.165) is 31.7 Å². The van der Waals surface area contributed by atoms with Gasteiger partial charge in [-0.05, 0) is 13.1 Å². The van der Waals surface area contributed by atoms with Gasteiger partial charge in [0.1, 0.15) is 5.75 Å². The molecule has 0 aromatic heterocycles. The molecule has 19 heavy (non-hydrogen) atoms. The number of hydrogen-bond acceptors (Lipinski definition) is 4. The normalized spacial score (nSPS) is 15.8. The van der Waals surface area contributed by atoms with Gasteiger partial charge in [-0.25, -0.2) is 0 Å². The van der Waals surface area contributed by atoms with Crippen molar-refractivity contribution in [1.82, 2.24) is 15.1 Å². The number of para-hydroxylation sites is 1. The summed E-state index contributed by atoms with van der Waals surface area (Å²) >= 11 is 0. The van der Waals surface area contributed by atoms with Gasteiger partial charge in [-0.2, -0.15) is 0 Å². The Hall–Kier alpha value is -1.59. The fraction of sp³-hybridized carbons (Fsp3) is 0.500. The number of nitrogens with one attached hydrogen (secondary N) is 1. The van der Waals surface area contributed by atoms with E-state index in [-0.39, 0.29) is 11.7 Å². The molecule has 0 aliphatic carbocycles. The van der Waals surface area contributed by atoms with Crippen LogP contribution in [0.2, 0.25) is 0 Å².